The number of nitrogens with zero attached hydrogens (tertiary/aromatic N) is 3. The fourth-order valence-electron chi connectivity index (χ4n) is 3.42. The Bertz CT molecular complexity index is 1120. The number of anilines is 1. The molecule has 1 aliphatic rings. The van der Waals surface area contributed by atoms with E-state index in [4.69, 9.17) is 9.26 Å². The highest BCUT2D eigenvalue weighted by molar-refractivity contribution is 6.51. The number of rotatable bonds is 5. The summed E-state index contributed by atoms with van der Waals surface area (Å²) in [4.78, 5) is 31.2. The first-order valence-corrected chi connectivity index (χ1v) is 9.38. The molecular formula is C22H19N3O5. The molecule has 0 unspecified atom stereocenters. The third kappa shape index (κ3) is 3.32. The van der Waals surface area contributed by atoms with Gasteiger partial charge in [-0.15, -0.1) is 0 Å². The minimum absolute atomic E-state index is 0.0437. The molecule has 0 radical (unpaired) electrons. The molecule has 8 heteroatoms. The summed E-state index contributed by atoms with van der Waals surface area (Å²) in [6.45, 7) is 4.07. The first kappa shape index (κ1) is 19.4. The summed E-state index contributed by atoms with van der Waals surface area (Å²) in [5.74, 6) is -0.581. The van der Waals surface area contributed by atoms with Crippen LogP contribution in [0.3, 0.4) is 0 Å². The number of hydrogen-bond acceptors (Lipinski definition) is 7. The van der Waals surface area contributed by atoms with E-state index < -0.39 is 17.7 Å². The molecule has 3 heterocycles. The number of amides is 1. The van der Waals surface area contributed by atoms with Crippen LogP contribution in [-0.4, -0.2) is 33.5 Å². The molecule has 4 rings (SSSR count). The van der Waals surface area contributed by atoms with Crippen LogP contribution in [0.5, 0.6) is 5.75 Å². The van der Waals surface area contributed by atoms with Gasteiger partial charge in [-0.3, -0.25) is 19.5 Å². The zero-order valence-corrected chi connectivity index (χ0v) is 16.4. The van der Waals surface area contributed by atoms with E-state index in [1.165, 1.54) is 4.90 Å². The molecule has 0 spiro atoms. The number of pyridine rings is 1. The predicted octanol–water partition coefficient (Wildman–Crippen LogP) is 3.40. The summed E-state index contributed by atoms with van der Waals surface area (Å²) < 4.78 is 10.5. The number of Topliss-reactive ketones (excluding diaryl/α,β-unsaturated/α-hetero) is 1. The maximum Gasteiger partial charge on any atom is 0.301 e. The van der Waals surface area contributed by atoms with Crippen LogP contribution in [0, 0.1) is 6.92 Å². The first-order chi connectivity index (χ1) is 14.5. The third-order valence-electron chi connectivity index (χ3n) is 4.75. The van der Waals surface area contributed by atoms with Crippen molar-refractivity contribution in [3.8, 4) is 5.75 Å². The van der Waals surface area contributed by atoms with Gasteiger partial charge < -0.3 is 14.4 Å². The van der Waals surface area contributed by atoms with Gasteiger partial charge in [-0.2, -0.15) is 0 Å². The number of benzene rings is 1. The second-order valence-corrected chi connectivity index (χ2v) is 6.71. The molecule has 1 aliphatic heterocycles. The second kappa shape index (κ2) is 7.82. The Kier molecular flexibility index (Phi) is 5.05. The van der Waals surface area contributed by atoms with Gasteiger partial charge in [0.05, 0.1) is 18.2 Å². The number of aromatic nitrogens is 2. The summed E-state index contributed by atoms with van der Waals surface area (Å²) in [6.07, 6.45) is 3.13. The molecule has 1 N–H and O–H groups in total. The Morgan fingerprint density at radius 3 is 2.60 bits per heavy atom. The minimum atomic E-state index is -0.894. The molecule has 152 valence electrons. The van der Waals surface area contributed by atoms with Crippen molar-refractivity contribution in [2.75, 3.05) is 11.5 Å². The molecule has 1 atom stereocenters. The molecule has 0 saturated carbocycles. The van der Waals surface area contributed by atoms with Crippen molar-refractivity contribution in [2.24, 2.45) is 0 Å². The van der Waals surface area contributed by atoms with Gasteiger partial charge in [0.25, 0.3) is 5.78 Å². The van der Waals surface area contributed by atoms with Gasteiger partial charge in [-0.25, -0.2) is 0 Å². The van der Waals surface area contributed by atoms with E-state index in [1.54, 1.807) is 61.8 Å². The summed E-state index contributed by atoms with van der Waals surface area (Å²) in [7, 11) is 0. The number of carbonyl (C=O) groups is 2. The van der Waals surface area contributed by atoms with E-state index >= 15 is 0 Å². The Balaban J connectivity index is 1.87. The molecule has 30 heavy (non-hydrogen) atoms. The maximum atomic E-state index is 13.0. The molecular weight excluding hydrogens is 386 g/mol. The number of ketones is 1. The highest BCUT2D eigenvalue weighted by atomic mass is 16.5. The van der Waals surface area contributed by atoms with E-state index in [0.29, 0.717) is 29.2 Å². The van der Waals surface area contributed by atoms with Crippen molar-refractivity contribution in [1.82, 2.24) is 10.1 Å². The van der Waals surface area contributed by atoms with Crippen molar-refractivity contribution < 1.29 is 24.0 Å². The van der Waals surface area contributed by atoms with Gasteiger partial charge in [-0.05, 0) is 49.7 Å². The summed E-state index contributed by atoms with van der Waals surface area (Å²) in [5.41, 5.74) is 0.907. The summed E-state index contributed by atoms with van der Waals surface area (Å²) >= 11 is 0. The van der Waals surface area contributed by atoms with Crippen LogP contribution in [0.25, 0.3) is 5.76 Å². The van der Waals surface area contributed by atoms with Crippen LogP contribution in [-0.2, 0) is 9.59 Å². The lowest BCUT2D eigenvalue weighted by molar-refractivity contribution is -0.132. The maximum absolute atomic E-state index is 13.0. The predicted molar refractivity (Wildman–Crippen MR) is 108 cm³/mol. The van der Waals surface area contributed by atoms with Crippen LogP contribution in [0.2, 0.25) is 0 Å². The third-order valence-corrected chi connectivity index (χ3v) is 4.75. The van der Waals surface area contributed by atoms with Gasteiger partial charge in [0.15, 0.2) is 5.82 Å². The minimum Gasteiger partial charge on any atom is -0.507 e. The Morgan fingerprint density at radius 1 is 1.23 bits per heavy atom. The average Bonchev–Trinajstić information content (AvgIpc) is 3.30. The van der Waals surface area contributed by atoms with E-state index in [9.17, 15) is 14.7 Å². The standard InChI is InChI=1S/C22H19N3O5/c1-3-29-16-8-6-14(7-9-16)20(26)18-19(15-5-4-10-23-12-15)25(22(28)21(18)27)17-11-13(2)30-24-17/h4-12,19,26H,3H2,1-2H3/b20-18+/t19-/m1/s1. The average molecular weight is 405 g/mol. The number of aryl methyl sites for hydroxylation is 1. The van der Waals surface area contributed by atoms with E-state index in [1.807, 2.05) is 6.92 Å². The SMILES string of the molecule is CCOc1ccc(/C(O)=C2\C(=O)C(=O)N(c3cc(C)on3)[C@@H]2c2cccnc2)cc1. The van der Waals surface area contributed by atoms with Crippen molar-refractivity contribution in [3.05, 3.63) is 77.3 Å². The van der Waals surface area contributed by atoms with Gasteiger partial charge in [-0.1, -0.05) is 11.2 Å². The monoisotopic (exact) mass is 405 g/mol. The Hall–Kier alpha value is -3.94. The van der Waals surface area contributed by atoms with Crippen LogP contribution in [0.15, 0.2) is 65.0 Å². The van der Waals surface area contributed by atoms with Crippen molar-refractivity contribution in [2.45, 2.75) is 19.9 Å². The molecule has 1 fully saturated rings. The highest BCUT2D eigenvalue weighted by Crippen LogP contribution is 2.41. The highest BCUT2D eigenvalue weighted by Gasteiger charge is 2.48. The number of aliphatic hydroxyl groups is 1. The zero-order valence-electron chi connectivity index (χ0n) is 16.4. The lowest BCUT2D eigenvalue weighted by Gasteiger charge is -2.22. The van der Waals surface area contributed by atoms with E-state index in [2.05, 4.69) is 10.1 Å². The molecule has 1 aromatic carbocycles. The molecule has 3 aromatic rings. The largest absolute Gasteiger partial charge is 0.507 e. The van der Waals surface area contributed by atoms with Crippen LogP contribution in [0.4, 0.5) is 5.82 Å². The van der Waals surface area contributed by atoms with Crippen molar-refractivity contribution in [1.29, 1.82) is 0 Å². The van der Waals surface area contributed by atoms with Crippen LogP contribution >= 0.6 is 0 Å². The van der Waals surface area contributed by atoms with Gasteiger partial charge in [0.2, 0.25) is 0 Å². The molecule has 8 nitrogen and oxygen atoms in total. The smallest absolute Gasteiger partial charge is 0.301 e. The fourth-order valence-corrected chi connectivity index (χ4v) is 3.42. The number of carbonyl (C=O) groups excluding carboxylic acids is 2. The zero-order chi connectivity index (χ0) is 21.3. The molecule has 2 aromatic heterocycles. The molecule has 0 aliphatic carbocycles. The Labute approximate surface area is 172 Å². The van der Waals surface area contributed by atoms with Crippen LogP contribution < -0.4 is 9.64 Å². The van der Waals surface area contributed by atoms with E-state index in [0.717, 1.165) is 0 Å². The van der Waals surface area contributed by atoms with Gasteiger partial charge in [0.1, 0.15) is 17.3 Å². The summed E-state index contributed by atoms with van der Waals surface area (Å²) in [5, 5.41) is 14.9. The van der Waals surface area contributed by atoms with Crippen molar-refractivity contribution in [3.63, 3.8) is 0 Å². The van der Waals surface area contributed by atoms with Gasteiger partial charge >= 0.3 is 5.91 Å². The molecule has 1 amide bonds. The Morgan fingerprint density at radius 2 is 2.00 bits per heavy atom. The normalized spacial score (nSPS) is 18.1. The van der Waals surface area contributed by atoms with E-state index in [-0.39, 0.29) is 17.2 Å². The van der Waals surface area contributed by atoms with Gasteiger partial charge in [0, 0.05) is 24.0 Å². The quantitative estimate of drug-likeness (QED) is 0.394. The number of hydrogen-bond donors (Lipinski definition) is 1. The second-order valence-electron chi connectivity index (χ2n) is 6.71. The topological polar surface area (TPSA) is 106 Å². The van der Waals surface area contributed by atoms with Crippen molar-refractivity contribution >= 4 is 23.3 Å². The number of ether oxygens (including phenoxy) is 1. The lowest BCUT2D eigenvalue weighted by Crippen LogP contribution is -2.29. The molecule has 0 bridgehead atoms. The first-order valence-electron chi connectivity index (χ1n) is 9.38. The number of aliphatic hydroxyl groups excluding tert-OH is 1. The summed E-state index contributed by atoms with van der Waals surface area (Å²) in [6, 6.07) is 10.7. The lowest BCUT2D eigenvalue weighted by atomic mass is 9.96. The van der Waals surface area contributed by atoms with Crippen LogP contribution in [0.1, 0.15) is 29.9 Å². The molecule has 1 saturated heterocycles. The fraction of sp³-hybridized carbons (Fsp3) is 0.182.